The van der Waals surface area contributed by atoms with Crippen molar-refractivity contribution >= 4 is 17.7 Å². The fraction of sp³-hybridized carbons (Fsp3) is 0.536. The Morgan fingerprint density at radius 2 is 1.91 bits per heavy atom. The van der Waals surface area contributed by atoms with Crippen LogP contribution in [-0.4, -0.2) is 42.8 Å². The molecule has 3 fully saturated rings. The number of fused-ring (bicyclic) bond motifs is 4. The van der Waals surface area contributed by atoms with E-state index < -0.39 is 0 Å². The normalized spacial score (nSPS) is 26.9. The number of rotatable bonds is 5. The van der Waals surface area contributed by atoms with Gasteiger partial charge in [-0.05, 0) is 92.4 Å². The fourth-order valence-electron chi connectivity index (χ4n) is 5.90. The third-order valence-electron chi connectivity index (χ3n) is 7.62. The summed E-state index contributed by atoms with van der Waals surface area (Å²) in [4.78, 5) is 15.3. The number of amides is 1. The number of hydrogen-bond donors (Lipinski definition) is 1. The molecule has 4 aliphatic rings. The average Bonchev–Trinajstić information content (AvgIpc) is 3.03. The van der Waals surface area contributed by atoms with E-state index in [2.05, 4.69) is 42.3 Å². The summed E-state index contributed by atoms with van der Waals surface area (Å²) >= 11 is 6.61. The van der Waals surface area contributed by atoms with Gasteiger partial charge in [0.05, 0.1) is 17.2 Å². The Labute approximate surface area is 207 Å². The van der Waals surface area contributed by atoms with Crippen molar-refractivity contribution in [3.05, 3.63) is 52.5 Å². The molecule has 1 aliphatic carbocycles. The molecule has 2 aromatic carbocycles. The smallest absolute Gasteiger partial charge is 0.407 e. The van der Waals surface area contributed by atoms with Gasteiger partial charge in [-0.1, -0.05) is 43.6 Å². The summed E-state index contributed by atoms with van der Waals surface area (Å²) in [5, 5.41) is 3.88. The molecule has 0 saturated carbocycles. The minimum Gasteiger partial charge on any atom is -0.491 e. The van der Waals surface area contributed by atoms with Crippen LogP contribution < -0.4 is 10.1 Å². The number of hydrogen-bond acceptors (Lipinski definition) is 4. The van der Waals surface area contributed by atoms with Crippen molar-refractivity contribution in [3.63, 3.8) is 0 Å². The Bertz CT molecular complexity index is 1080. The van der Waals surface area contributed by atoms with E-state index in [1.807, 2.05) is 32.0 Å². The molecule has 2 bridgehead atoms. The number of piperidine rings is 3. The van der Waals surface area contributed by atoms with E-state index in [1.54, 1.807) is 0 Å². The van der Waals surface area contributed by atoms with Crippen LogP contribution in [0.3, 0.4) is 0 Å². The van der Waals surface area contributed by atoms with Gasteiger partial charge in [-0.15, -0.1) is 0 Å². The second kappa shape index (κ2) is 9.09. The number of alkyl carbamates (subject to hydrolysis) is 1. The maximum absolute atomic E-state index is 12.9. The van der Waals surface area contributed by atoms with Gasteiger partial charge in [-0.2, -0.15) is 0 Å². The highest BCUT2D eigenvalue weighted by Crippen LogP contribution is 2.47. The molecule has 3 heterocycles. The molecule has 6 heteroatoms. The van der Waals surface area contributed by atoms with Gasteiger partial charge in [0.25, 0.3) is 0 Å². The predicted octanol–water partition coefficient (Wildman–Crippen LogP) is 6.24. The number of carbonyl (C=O) groups excluding carboxylic acids is 1. The minimum atomic E-state index is -0.294. The molecule has 2 aromatic rings. The number of nitrogens with zero attached hydrogens (tertiary/aromatic N) is 1. The van der Waals surface area contributed by atoms with Crippen LogP contribution in [0.1, 0.15) is 57.7 Å². The predicted molar refractivity (Wildman–Crippen MR) is 135 cm³/mol. The summed E-state index contributed by atoms with van der Waals surface area (Å²) in [5.41, 5.74) is 4.36. The first kappa shape index (κ1) is 23.5. The third kappa shape index (κ3) is 4.65. The molecule has 0 unspecified atom stereocenters. The van der Waals surface area contributed by atoms with E-state index in [9.17, 15) is 4.79 Å². The SMILES string of the molecule is CC(C)Oc1ccc(-c2ccc3c(c2)CC(C)(C)[C@H]3NC(=O)O[C@H]2CN3CCC2CC3)c(Cl)c1. The second-order valence-corrected chi connectivity index (χ2v) is 11.5. The summed E-state index contributed by atoms with van der Waals surface area (Å²) in [6, 6.07) is 12.2. The molecule has 3 saturated heterocycles. The van der Waals surface area contributed by atoms with Gasteiger partial charge in [-0.25, -0.2) is 4.79 Å². The number of benzene rings is 2. The monoisotopic (exact) mass is 482 g/mol. The zero-order valence-corrected chi connectivity index (χ0v) is 21.3. The van der Waals surface area contributed by atoms with E-state index in [0.717, 1.165) is 61.3 Å². The molecular formula is C28H35ClN2O3. The lowest BCUT2D eigenvalue weighted by atomic mass is 9.85. The number of ether oxygens (including phenoxy) is 2. The molecule has 182 valence electrons. The number of carbonyl (C=O) groups is 1. The van der Waals surface area contributed by atoms with E-state index >= 15 is 0 Å². The quantitative estimate of drug-likeness (QED) is 0.548. The van der Waals surface area contributed by atoms with Crippen molar-refractivity contribution in [2.24, 2.45) is 11.3 Å². The van der Waals surface area contributed by atoms with Crippen LogP contribution >= 0.6 is 11.6 Å². The Morgan fingerprint density at radius 3 is 2.56 bits per heavy atom. The Kier molecular flexibility index (Phi) is 6.28. The van der Waals surface area contributed by atoms with Crippen molar-refractivity contribution in [1.29, 1.82) is 0 Å². The lowest BCUT2D eigenvalue weighted by Gasteiger charge is -2.44. The van der Waals surface area contributed by atoms with E-state index in [-0.39, 0.29) is 29.8 Å². The molecule has 0 spiro atoms. The zero-order valence-electron chi connectivity index (χ0n) is 20.6. The molecule has 34 heavy (non-hydrogen) atoms. The summed E-state index contributed by atoms with van der Waals surface area (Å²) in [5.74, 6) is 1.28. The van der Waals surface area contributed by atoms with Crippen LogP contribution in [0.15, 0.2) is 36.4 Å². The van der Waals surface area contributed by atoms with Gasteiger partial charge in [0.1, 0.15) is 11.9 Å². The minimum absolute atomic E-state index is 0.0126. The summed E-state index contributed by atoms with van der Waals surface area (Å²) in [6.45, 7) is 11.6. The van der Waals surface area contributed by atoms with Gasteiger partial charge in [-0.3, -0.25) is 4.90 Å². The van der Waals surface area contributed by atoms with Gasteiger partial charge in [0, 0.05) is 12.1 Å². The lowest BCUT2D eigenvalue weighted by Crippen LogP contribution is -2.53. The maximum atomic E-state index is 12.9. The molecular weight excluding hydrogens is 448 g/mol. The largest absolute Gasteiger partial charge is 0.491 e. The van der Waals surface area contributed by atoms with Gasteiger partial charge in [0.15, 0.2) is 0 Å². The van der Waals surface area contributed by atoms with Crippen molar-refractivity contribution in [2.45, 2.75) is 65.2 Å². The number of nitrogens with one attached hydrogen (secondary N) is 1. The van der Waals surface area contributed by atoms with Crippen LogP contribution in [0, 0.1) is 11.3 Å². The molecule has 6 rings (SSSR count). The highest BCUT2D eigenvalue weighted by molar-refractivity contribution is 6.33. The highest BCUT2D eigenvalue weighted by Gasteiger charge is 2.42. The molecule has 0 radical (unpaired) electrons. The first-order chi connectivity index (χ1) is 16.2. The molecule has 1 amide bonds. The second-order valence-electron chi connectivity index (χ2n) is 11.0. The van der Waals surface area contributed by atoms with Crippen molar-refractivity contribution < 1.29 is 14.3 Å². The van der Waals surface area contributed by atoms with E-state index in [0.29, 0.717) is 10.9 Å². The van der Waals surface area contributed by atoms with Crippen LogP contribution in [-0.2, 0) is 11.2 Å². The Morgan fingerprint density at radius 1 is 1.15 bits per heavy atom. The fourth-order valence-corrected chi connectivity index (χ4v) is 6.18. The standard InChI is InChI=1S/C28H35ClN2O3/c1-17(2)33-21-6-8-22(24(29)14-21)19-5-7-23-20(13-19)15-28(3,4)26(23)30-27(32)34-25-16-31-11-9-18(25)10-12-31/h5-8,13-14,17-18,25-26H,9-12,15-16H2,1-4H3,(H,30,32)/t25-,26-/m0/s1. The van der Waals surface area contributed by atoms with Gasteiger partial charge < -0.3 is 14.8 Å². The summed E-state index contributed by atoms with van der Waals surface area (Å²) in [7, 11) is 0. The van der Waals surface area contributed by atoms with Gasteiger partial charge >= 0.3 is 6.09 Å². The molecule has 1 N–H and O–H groups in total. The maximum Gasteiger partial charge on any atom is 0.407 e. The van der Waals surface area contributed by atoms with Crippen LogP contribution in [0.25, 0.3) is 11.1 Å². The topological polar surface area (TPSA) is 50.8 Å². The number of halogens is 1. The van der Waals surface area contributed by atoms with E-state index in [4.69, 9.17) is 21.1 Å². The zero-order chi connectivity index (χ0) is 24.0. The van der Waals surface area contributed by atoms with Crippen LogP contribution in [0.5, 0.6) is 5.75 Å². The highest BCUT2D eigenvalue weighted by atomic mass is 35.5. The molecule has 2 atom stereocenters. The van der Waals surface area contributed by atoms with Crippen LogP contribution in [0.4, 0.5) is 4.79 Å². The van der Waals surface area contributed by atoms with E-state index in [1.165, 1.54) is 5.56 Å². The lowest BCUT2D eigenvalue weighted by molar-refractivity contribution is -0.0348. The van der Waals surface area contributed by atoms with Gasteiger partial charge in [0.2, 0.25) is 0 Å². The Balaban J connectivity index is 1.32. The first-order valence-electron chi connectivity index (χ1n) is 12.5. The Hall–Kier alpha value is -2.24. The van der Waals surface area contributed by atoms with Crippen molar-refractivity contribution in [2.75, 3.05) is 19.6 Å². The molecule has 0 aromatic heterocycles. The van der Waals surface area contributed by atoms with Crippen molar-refractivity contribution in [3.8, 4) is 16.9 Å². The van der Waals surface area contributed by atoms with Crippen LogP contribution in [0.2, 0.25) is 5.02 Å². The van der Waals surface area contributed by atoms with Crippen molar-refractivity contribution in [1.82, 2.24) is 10.2 Å². The first-order valence-corrected chi connectivity index (χ1v) is 12.9. The third-order valence-corrected chi connectivity index (χ3v) is 7.93. The molecule has 3 aliphatic heterocycles. The molecule has 5 nitrogen and oxygen atoms in total. The average molecular weight is 483 g/mol. The summed E-state index contributed by atoms with van der Waals surface area (Å²) in [6.07, 6.45) is 2.96. The summed E-state index contributed by atoms with van der Waals surface area (Å²) < 4.78 is 11.7.